The number of nitrogens with zero attached hydrogens (tertiary/aromatic N) is 1. The minimum atomic E-state index is 0.424. The molecule has 0 saturated heterocycles. The predicted octanol–water partition coefficient (Wildman–Crippen LogP) is 2.35. The normalized spacial score (nSPS) is 17.4. The minimum Gasteiger partial charge on any atom is -0.378 e. The summed E-state index contributed by atoms with van der Waals surface area (Å²) in [7, 11) is 2.02. The standard InChI is InChI=1S/C13H26N2O/c1-4-12(5-2)16-11-8-13(14-3)15-9-6-7-10-15/h6,9,12-14H,4-5,7-8,10-11H2,1-3H3. The molecule has 1 aliphatic heterocycles. The summed E-state index contributed by atoms with van der Waals surface area (Å²) in [4.78, 5) is 2.36. The molecule has 0 fully saturated rings. The molecule has 0 aromatic rings. The van der Waals surface area contributed by atoms with E-state index >= 15 is 0 Å². The molecule has 3 nitrogen and oxygen atoms in total. The Balaban J connectivity index is 2.20. The van der Waals surface area contributed by atoms with Crippen LogP contribution in [0, 0.1) is 0 Å². The van der Waals surface area contributed by atoms with Crippen LogP contribution in [0.15, 0.2) is 12.3 Å². The largest absolute Gasteiger partial charge is 0.378 e. The highest BCUT2D eigenvalue weighted by Crippen LogP contribution is 2.11. The minimum absolute atomic E-state index is 0.424. The Morgan fingerprint density at radius 2 is 2.12 bits per heavy atom. The molecule has 0 aliphatic carbocycles. The Morgan fingerprint density at radius 3 is 2.62 bits per heavy atom. The van der Waals surface area contributed by atoms with Crippen molar-refractivity contribution in [2.45, 2.75) is 51.8 Å². The van der Waals surface area contributed by atoms with Crippen molar-refractivity contribution in [1.82, 2.24) is 10.2 Å². The summed E-state index contributed by atoms with van der Waals surface area (Å²) < 4.78 is 5.84. The van der Waals surface area contributed by atoms with Gasteiger partial charge in [0.2, 0.25) is 0 Å². The van der Waals surface area contributed by atoms with Crippen molar-refractivity contribution in [3.8, 4) is 0 Å². The summed E-state index contributed by atoms with van der Waals surface area (Å²) in [6.07, 6.45) is 9.74. The fourth-order valence-electron chi connectivity index (χ4n) is 2.11. The summed E-state index contributed by atoms with van der Waals surface area (Å²) in [5.41, 5.74) is 0. The maximum absolute atomic E-state index is 5.84. The van der Waals surface area contributed by atoms with Crippen LogP contribution >= 0.6 is 0 Å². The van der Waals surface area contributed by atoms with Gasteiger partial charge in [-0.2, -0.15) is 0 Å². The maximum atomic E-state index is 5.84. The lowest BCUT2D eigenvalue weighted by atomic mass is 10.2. The van der Waals surface area contributed by atoms with Crippen molar-refractivity contribution >= 4 is 0 Å². The molecule has 16 heavy (non-hydrogen) atoms. The fourth-order valence-corrected chi connectivity index (χ4v) is 2.11. The van der Waals surface area contributed by atoms with Crippen LogP contribution in [-0.4, -0.2) is 37.4 Å². The Kier molecular flexibility index (Phi) is 6.50. The van der Waals surface area contributed by atoms with Crippen molar-refractivity contribution < 1.29 is 4.74 Å². The molecule has 0 bridgehead atoms. The maximum Gasteiger partial charge on any atom is 0.0809 e. The van der Waals surface area contributed by atoms with E-state index in [1.54, 1.807) is 0 Å². The van der Waals surface area contributed by atoms with E-state index in [-0.39, 0.29) is 0 Å². The van der Waals surface area contributed by atoms with E-state index in [4.69, 9.17) is 4.74 Å². The molecule has 3 heteroatoms. The first-order chi connectivity index (χ1) is 7.81. The lowest BCUT2D eigenvalue weighted by molar-refractivity contribution is 0.0342. The molecule has 1 unspecified atom stereocenters. The number of hydrogen-bond acceptors (Lipinski definition) is 3. The molecule has 1 heterocycles. The van der Waals surface area contributed by atoms with Gasteiger partial charge in [0.15, 0.2) is 0 Å². The van der Waals surface area contributed by atoms with Crippen molar-refractivity contribution in [2.75, 3.05) is 20.2 Å². The third-order valence-corrected chi connectivity index (χ3v) is 3.24. The Bertz CT molecular complexity index is 202. The van der Waals surface area contributed by atoms with E-state index in [9.17, 15) is 0 Å². The van der Waals surface area contributed by atoms with Gasteiger partial charge in [0.25, 0.3) is 0 Å². The molecule has 94 valence electrons. The zero-order chi connectivity index (χ0) is 11.8. The summed E-state index contributed by atoms with van der Waals surface area (Å²) >= 11 is 0. The SMILES string of the molecule is CCC(CC)OCCC(NC)N1C=CCC1. The smallest absolute Gasteiger partial charge is 0.0809 e. The lowest BCUT2D eigenvalue weighted by Crippen LogP contribution is -2.41. The molecule has 1 atom stereocenters. The van der Waals surface area contributed by atoms with Gasteiger partial charge in [-0.25, -0.2) is 0 Å². The van der Waals surface area contributed by atoms with Gasteiger partial charge < -0.3 is 15.0 Å². The zero-order valence-electron chi connectivity index (χ0n) is 10.9. The van der Waals surface area contributed by atoms with Crippen molar-refractivity contribution in [3.63, 3.8) is 0 Å². The number of ether oxygens (including phenoxy) is 1. The third kappa shape index (κ3) is 4.14. The van der Waals surface area contributed by atoms with Crippen LogP contribution in [0.4, 0.5) is 0 Å². The summed E-state index contributed by atoms with van der Waals surface area (Å²) in [5, 5.41) is 3.35. The van der Waals surface area contributed by atoms with Gasteiger partial charge in [0, 0.05) is 13.0 Å². The summed E-state index contributed by atoms with van der Waals surface area (Å²) in [6.45, 7) is 6.36. The predicted molar refractivity (Wildman–Crippen MR) is 68.2 cm³/mol. The van der Waals surface area contributed by atoms with E-state index in [1.165, 1.54) is 6.42 Å². The van der Waals surface area contributed by atoms with Crippen LogP contribution < -0.4 is 5.32 Å². The highest BCUT2D eigenvalue weighted by Gasteiger charge is 2.15. The Labute approximate surface area is 99.8 Å². The number of rotatable bonds is 8. The summed E-state index contributed by atoms with van der Waals surface area (Å²) in [6, 6.07) is 0. The van der Waals surface area contributed by atoms with Crippen LogP contribution in [0.1, 0.15) is 39.5 Å². The van der Waals surface area contributed by atoms with Gasteiger partial charge in [-0.05, 0) is 32.5 Å². The van der Waals surface area contributed by atoms with Gasteiger partial charge in [0.1, 0.15) is 0 Å². The van der Waals surface area contributed by atoms with Crippen LogP contribution in [0.25, 0.3) is 0 Å². The lowest BCUT2D eigenvalue weighted by Gasteiger charge is -2.28. The first kappa shape index (κ1) is 13.5. The highest BCUT2D eigenvalue weighted by molar-refractivity contribution is 4.93. The molecular weight excluding hydrogens is 200 g/mol. The molecule has 1 N–H and O–H groups in total. The van der Waals surface area contributed by atoms with Crippen molar-refractivity contribution in [1.29, 1.82) is 0 Å². The molecule has 1 aliphatic rings. The van der Waals surface area contributed by atoms with E-state index < -0.39 is 0 Å². The third-order valence-electron chi connectivity index (χ3n) is 3.24. The van der Waals surface area contributed by atoms with Gasteiger partial charge in [-0.1, -0.05) is 19.9 Å². The molecule has 0 amide bonds. The molecule has 0 saturated carbocycles. The van der Waals surface area contributed by atoms with Crippen molar-refractivity contribution in [2.24, 2.45) is 0 Å². The second-order valence-corrected chi connectivity index (χ2v) is 4.31. The molecule has 1 rings (SSSR count). The van der Waals surface area contributed by atoms with E-state index in [1.807, 2.05) is 7.05 Å². The number of hydrogen-bond donors (Lipinski definition) is 1. The highest BCUT2D eigenvalue weighted by atomic mass is 16.5. The molecule has 0 spiro atoms. The van der Waals surface area contributed by atoms with Crippen LogP contribution in [0.5, 0.6) is 0 Å². The van der Waals surface area contributed by atoms with Crippen LogP contribution in [0.3, 0.4) is 0 Å². The van der Waals surface area contributed by atoms with E-state index in [2.05, 4.69) is 36.3 Å². The van der Waals surface area contributed by atoms with Gasteiger partial charge in [0.05, 0.1) is 18.9 Å². The average Bonchev–Trinajstić information content (AvgIpc) is 2.83. The van der Waals surface area contributed by atoms with E-state index in [0.717, 1.165) is 32.4 Å². The zero-order valence-corrected chi connectivity index (χ0v) is 10.9. The fraction of sp³-hybridized carbons (Fsp3) is 0.846. The van der Waals surface area contributed by atoms with Gasteiger partial charge >= 0.3 is 0 Å². The van der Waals surface area contributed by atoms with Gasteiger partial charge in [-0.15, -0.1) is 0 Å². The quantitative estimate of drug-likeness (QED) is 0.687. The molecule has 0 aromatic heterocycles. The first-order valence-corrected chi connectivity index (χ1v) is 6.53. The van der Waals surface area contributed by atoms with Crippen molar-refractivity contribution in [3.05, 3.63) is 12.3 Å². The van der Waals surface area contributed by atoms with Crippen LogP contribution in [-0.2, 0) is 4.74 Å². The van der Waals surface area contributed by atoms with Gasteiger partial charge in [-0.3, -0.25) is 0 Å². The second-order valence-electron chi connectivity index (χ2n) is 4.31. The molecule has 0 radical (unpaired) electrons. The topological polar surface area (TPSA) is 24.5 Å². The Morgan fingerprint density at radius 1 is 1.38 bits per heavy atom. The average molecular weight is 226 g/mol. The van der Waals surface area contributed by atoms with E-state index in [0.29, 0.717) is 12.3 Å². The molecular formula is C13H26N2O. The van der Waals surface area contributed by atoms with Crippen LogP contribution in [0.2, 0.25) is 0 Å². The first-order valence-electron chi connectivity index (χ1n) is 6.53. The molecule has 0 aromatic carbocycles. The summed E-state index contributed by atoms with van der Waals surface area (Å²) in [5.74, 6) is 0. The Hall–Kier alpha value is -0.540. The number of nitrogens with one attached hydrogen (secondary N) is 1. The second kappa shape index (κ2) is 7.69. The monoisotopic (exact) mass is 226 g/mol.